The van der Waals surface area contributed by atoms with Gasteiger partial charge in [0.2, 0.25) is 0 Å². The number of hydrogen-bond donors (Lipinski definition) is 2. The molecular formula is C14H23NO5S. The van der Waals surface area contributed by atoms with Crippen molar-refractivity contribution in [1.29, 1.82) is 0 Å². The smallest absolute Gasteiger partial charge is 0.175 e. The Bertz CT molecular complexity index is 501. The molecule has 0 aliphatic heterocycles. The Morgan fingerprint density at radius 2 is 1.81 bits per heavy atom. The second-order valence-corrected chi connectivity index (χ2v) is 6.62. The molecule has 0 heterocycles. The molecular weight excluding hydrogens is 294 g/mol. The highest BCUT2D eigenvalue weighted by Crippen LogP contribution is 2.13. The van der Waals surface area contributed by atoms with Gasteiger partial charge in [-0.3, -0.25) is 0 Å². The van der Waals surface area contributed by atoms with Crippen LogP contribution in [0.25, 0.3) is 0 Å². The van der Waals surface area contributed by atoms with Crippen molar-refractivity contribution in [2.45, 2.75) is 17.9 Å². The quantitative estimate of drug-likeness (QED) is 0.624. The lowest BCUT2D eigenvalue weighted by Gasteiger charge is -2.13. The minimum Gasteiger partial charge on any atom is -0.389 e. The van der Waals surface area contributed by atoms with E-state index >= 15 is 0 Å². The summed E-state index contributed by atoms with van der Waals surface area (Å²) in [7, 11) is -3.18. The monoisotopic (exact) mass is 317 g/mol. The summed E-state index contributed by atoms with van der Waals surface area (Å²) in [5, 5.41) is 12.7. The lowest BCUT2D eigenvalue weighted by atomic mass is 10.3. The zero-order valence-electron chi connectivity index (χ0n) is 12.4. The molecule has 1 aromatic rings. The van der Waals surface area contributed by atoms with Crippen LogP contribution in [0.4, 0.5) is 5.69 Å². The van der Waals surface area contributed by atoms with E-state index in [-0.39, 0.29) is 11.5 Å². The first-order chi connectivity index (χ1) is 9.93. The average molecular weight is 317 g/mol. The molecule has 0 amide bonds. The fourth-order valence-electron chi connectivity index (χ4n) is 1.60. The predicted molar refractivity (Wildman–Crippen MR) is 81.4 cm³/mol. The maximum absolute atomic E-state index is 11.3. The van der Waals surface area contributed by atoms with Gasteiger partial charge in [0.05, 0.1) is 30.8 Å². The number of hydrogen-bond acceptors (Lipinski definition) is 6. The topological polar surface area (TPSA) is 84.9 Å². The van der Waals surface area contributed by atoms with Crippen LogP contribution in [0, 0.1) is 0 Å². The second kappa shape index (κ2) is 8.99. The first-order valence-corrected chi connectivity index (χ1v) is 8.70. The molecule has 1 unspecified atom stereocenters. The van der Waals surface area contributed by atoms with Crippen molar-refractivity contribution in [3.05, 3.63) is 24.3 Å². The molecule has 0 aliphatic carbocycles. The van der Waals surface area contributed by atoms with Crippen molar-refractivity contribution in [2.75, 3.05) is 44.5 Å². The molecule has 6 nitrogen and oxygen atoms in total. The molecule has 0 aromatic heterocycles. The SMILES string of the molecule is CCOCCOCC(O)CNc1ccc(S(C)(=O)=O)cc1. The van der Waals surface area contributed by atoms with Gasteiger partial charge in [0.1, 0.15) is 0 Å². The van der Waals surface area contributed by atoms with Crippen LogP contribution < -0.4 is 5.32 Å². The number of ether oxygens (including phenoxy) is 2. The van der Waals surface area contributed by atoms with Crippen LogP contribution in [-0.4, -0.2) is 58.9 Å². The molecule has 0 aliphatic rings. The van der Waals surface area contributed by atoms with Gasteiger partial charge in [-0.15, -0.1) is 0 Å². The first kappa shape index (κ1) is 17.9. The highest BCUT2D eigenvalue weighted by Gasteiger charge is 2.07. The molecule has 1 atom stereocenters. The molecule has 0 fully saturated rings. The Labute approximate surface area is 126 Å². The molecule has 0 spiro atoms. The minimum absolute atomic E-state index is 0.224. The molecule has 1 aromatic carbocycles. The second-order valence-electron chi connectivity index (χ2n) is 4.60. The van der Waals surface area contributed by atoms with Crippen molar-refractivity contribution >= 4 is 15.5 Å². The third-order valence-electron chi connectivity index (χ3n) is 2.71. The van der Waals surface area contributed by atoms with E-state index in [1.165, 1.54) is 18.4 Å². The molecule has 120 valence electrons. The van der Waals surface area contributed by atoms with E-state index in [0.717, 1.165) is 5.69 Å². The number of aliphatic hydroxyl groups excluding tert-OH is 1. The van der Waals surface area contributed by atoms with Crippen molar-refractivity contribution in [2.24, 2.45) is 0 Å². The summed E-state index contributed by atoms with van der Waals surface area (Å²) in [6, 6.07) is 6.39. The van der Waals surface area contributed by atoms with Crippen molar-refractivity contribution in [1.82, 2.24) is 0 Å². The number of anilines is 1. The van der Waals surface area contributed by atoms with Crippen LogP contribution in [0.15, 0.2) is 29.2 Å². The van der Waals surface area contributed by atoms with Crippen LogP contribution >= 0.6 is 0 Å². The lowest BCUT2D eigenvalue weighted by molar-refractivity contribution is 0.0103. The third-order valence-corrected chi connectivity index (χ3v) is 3.84. The Kier molecular flexibility index (Phi) is 7.66. The summed E-state index contributed by atoms with van der Waals surface area (Å²) in [5.41, 5.74) is 0.746. The Morgan fingerprint density at radius 3 is 2.38 bits per heavy atom. The molecule has 0 bridgehead atoms. The summed E-state index contributed by atoms with van der Waals surface area (Å²) >= 11 is 0. The summed E-state index contributed by atoms with van der Waals surface area (Å²) in [6.45, 7) is 4.08. The highest BCUT2D eigenvalue weighted by molar-refractivity contribution is 7.90. The number of nitrogens with one attached hydrogen (secondary N) is 1. The first-order valence-electron chi connectivity index (χ1n) is 6.81. The van der Waals surface area contributed by atoms with Gasteiger partial charge in [-0.25, -0.2) is 8.42 Å². The molecule has 0 saturated heterocycles. The van der Waals surface area contributed by atoms with Crippen molar-refractivity contribution in [3.63, 3.8) is 0 Å². The normalized spacial score (nSPS) is 13.1. The number of sulfone groups is 1. The van der Waals surface area contributed by atoms with E-state index in [0.29, 0.717) is 26.4 Å². The highest BCUT2D eigenvalue weighted by atomic mass is 32.2. The van der Waals surface area contributed by atoms with Crippen LogP contribution in [0.1, 0.15) is 6.92 Å². The van der Waals surface area contributed by atoms with E-state index < -0.39 is 15.9 Å². The van der Waals surface area contributed by atoms with Gasteiger partial charge < -0.3 is 19.9 Å². The molecule has 1 rings (SSSR count). The van der Waals surface area contributed by atoms with E-state index in [1.807, 2.05) is 6.92 Å². The Morgan fingerprint density at radius 1 is 1.19 bits per heavy atom. The zero-order valence-corrected chi connectivity index (χ0v) is 13.2. The van der Waals surface area contributed by atoms with E-state index in [9.17, 15) is 13.5 Å². The molecule has 0 radical (unpaired) electrons. The molecule has 0 saturated carbocycles. The van der Waals surface area contributed by atoms with Gasteiger partial charge in [0.15, 0.2) is 9.84 Å². The van der Waals surface area contributed by atoms with Gasteiger partial charge in [-0.05, 0) is 31.2 Å². The van der Waals surface area contributed by atoms with Gasteiger partial charge in [-0.2, -0.15) is 0 Å². The van der Waals surface area contributed by atoms with E-state index in [4.69, 9.17) is 9.47 Å². The Hall–Kier alpha value is -1.15. The maximum Gasteiger partial charge on any atom is 0.175 e. The van der Waals surface area contributed by atoms with Crippen LogP contribution in [0.2, 0.25) is 0 Å². The summed E-state index contributed by atoms with van der Waals surface area (Å²) in [4.78, 5) is 0.271. The summed E-state index contributed by atoms with van der Waals surface area (Å²) < 4.78 is 33.0. The van der Waals surface area contributed by atoms with Crippen LogP contribution in [0.5, 0.6) is 0 Å². The summed E-state index contributed by atoms with van der Waals surface area (Å²) in [6.07, 6.45) is 0.528. The predicted octanol–water partition coefficient (Wildman–Crippen LogP) is 0.916. The van der Waals surface area contributed by atoms with Gasteiger partial charge in [0, 0.05) is 25.1 Å². The van der Waals surface area contributed by atoms with E-state index in [2.05, 4.69) is 5.32 Å². The van der Waals surface area contributed by atoms with Crippen molar-refractivity contribution in [3.8, 4) is 0 Å². The zero-order chi connectivity index (χ0) is 15.7. The van der Waals surface area contributed by atoms with Gasteiger partial charge in [-0.1, -0.05) is 0 Å². The number of benzene rings is 1. The molecule has 2 N–H and O–H groups in total. The van der Waals surface area contributed by atoms with Crippen LogP contribution in [0.3, 0.4) is 0 Å². The minimum atomic E-state index is -3.18. The third kappa shape index (κ3) is 7.42. The fourth-order valence-corrected chi connectivity index (χ4v) is 2.23. The standard InChI is InChI=1S/C14H23NO5S/c1-3-19-8-9-20-11-13(16)10-15-12-4-6-14(7-5-12)21(2,17)18/h4-7,13,15-16H,3,8-11H2,1-2H3. The van der Waals surface area contributed by atoms with Gasteiger partial charge >= 0.3 is 0 Å². The molecule has 21 heavy (non-hydrogen) atoms. The number of rotatable bonds is 10. The maximum atomic E-state index is 11.3. The lowest BCUT2D eigenvalue weighted by Crippen LogP contribution is -2.25. The average Bonchev–Trinajstić information content (AvgIpc) is 2.44. The largest absolute Gasteiger partial charge is 0.389 e. The van der Waals surface area contributed by atoms with Crippen LogP contribution in [-0.2, 0) is 19.3 Å². The van der Waals surface area contributed by atoms with Crippen molar-refractivity contribution < 1.29 is 23.0 Å². The number of aliphatic hydroxyl groups is 1. The molecule has 7 heteroatoms. The van der Waals surface area contributed by atoms with Gasteiger partial charge in [0.25, 0.3) is 0 Å². The summed E-state index contributed by atoms with van der Waals surface area (Å²) in [5.74, 6) is 0. The fraction of sp³-hybridized carbons (Fsp3) is 0.571. The Balaban J connectivity index is 2.28. The van der Waals surface area contributed by atoms with E-state index in [1.54, 1.807) is 12.1 Å².